The fourth-order valence-electron chi connectivity index (χ4n) is 1.69. The van der Waals surface area contributed by atoms with Crippen molar-refractivity contribution < 1.29 is 19.4 Å². The number of carbonyl (C=O) groups is 2. The van der Waals surface area contributed by atoms with Gasteiger partial charge in [-0.25, -0.2) is 0 Å². The lowest BCUT2D eigenvalue weighted by Crippen LogP contribution is -2.26. The van der Waals surface area contributed by atoms with Crippen LogP contribution in [0.3, 0.4) is 0 Å². The lowest BCUT2D eigenvalue weighted by atomic mass is 9.85. The number of carbonyl (C=O) groups excluding carboxylic acids is 1. The molecule has 5 heteroatoms. The fraction of sp³-hybridized carbons (Fsp3) is 0.429. The smallest absolute Gasteiger partial charge is 0.309 e. The zero-order chi connectivity index (χ0) is 14.6. The van der Waals surface area contributed by atoms with Gasteiger partial charge in [0.2, 0.25) is 0 Å². The first-order chi connectivity index (χ1) is 8.81. The quantitative estimate of drug-likeness (QED) is 0.644. The molecule has 0 saturated carbocycles. The molecule has 1 aromatic carbocycles. The molecule has 0 unspecified atom stereocenters. The topological polar surface area (TPSA) is 63.6 Å². The summed E-state index contributed by atoms with van der Waals surface area (Å²) < 4.78 is 5.25. The number of hydrogen-bond acceptors (Lipinski definition) is 3. The van der Waals surface area contributed by atoms with E-state index in [9.17, 15) is 9.59 Å². The minimum Gasteiger partial charge on any atom is -0.496 e. The van der Waals surface area contributed by atoms with Crippen LogP contribution in [0.1, 0.15) is 29.8 Å². The summed E-state index contributed by atoms with van der Waals surface area (Å²) in [7, 11) is 1.51. The van der Waals surface area contributed by atoms with Crippen LogP contribution in [0.25, 0.3) is 0 Å². The Morgan fingerprint density at radius 2 is 2.00 bits per heavy atom. The standard InChI is InChI=1S/C14H17BrO4/c1-14(2,13(17)18)7-10-5-4-9(11(16)8-15)6-12(10)19-3/h4-6H,7-8H2,1-3H3,(H,17,18). The molecular weight excluding hydrogens is 312 g/mol. The molecule has 1 rings (SSSR count). The molecule has 0 bridgehead atoms. The van der Waals surface area contributed by atoms with Crippen LogP contribution in [0.2, 0.25) is 0 Å². The van der Waals surface area contributed by atoms with E-state index in [1.165, 1.54) is 7.11 Å². The Labute approximate surface area is 120 Å². The molecule has 0 saturated heterocycles. The first kappa shape index (κ1) is 15.7. The predicted molar refractivity (Wildman–Crippen MR) is 76.2 cm³/mol. The molecule has 0 amide bonds. The number of alkyl halides is 1. The summed E-state index contributed by atoms with van der Waals surface area (Å²) in [5.41, 5.74) is 0.445. The van der Waals surface area contributed by atoms with Crippen molar-refractivity contribution in [1.29, 1.82) is 0 Å². The molecule has 0 atom stereocenters. The Balaban J connectivity index is 3.10. The highest BCUT2D eigenvalue weighted by Gasteiger charge is 2.28. The van der Waals surface area contributed by atoms with E-state index in [0.29, 0.717) is 17.7 Å². The third kappa shape index (κ3) is 3.80. The third-order valence-electron chi connectivity index (χ3n) is 2.94. The van der Waals surface area contributed by atoms with Gasteiger partial charge in [0, 0.05) is 5.56 Å². The van der Waals surface area contributed by atoms with E-state index >= 15 is 0 Å². The maximum atomic E-state index is 11.6. The molecule has 19 heavy (non-hydrogen) atoms. The zero-order valence-electron chi connectivity index (χ0n) is 11.2. The summed E-state index contributed by atoms with van der Waals surface area (Å²) in [6, 6.07) is 5.09. The molecular formula is C14H17BrO4. The second-order valence-electron chi connectivity index (χ2n) is 4.95. The van der Waals surface area contributed by atoms with Gasteiger partial charge in [-0.3, -0.25) is 9.59 Å². The molecule has 0 aliphatic rings. The number of carboxylic acids is 1. The Hall–Kier alpha value is -1.36. The van der Waals surface area contributed by atoms with Crippen molar-refractivity contribution in [2.45, 2.75) is 20.3 Å². The summed E-state index contributed by atoms with van der Waals surface area (Å²) in [5.74, 6) is -0.362. The number of ether oxygens (including phenoxy) is 1. The number of ketones is 1. The van der Waals surface area contributed by atoms with E-state index in [2.05, 4.69) is 15.9 Å². The molecule has 0 aromatic heterocycles. The van der Waals surface area contributed by atoms with Crippen LogP contribution in [-0.2, 0) is 11.2 Å². The minimum atomic E-state index is -0.881. The largest absolute Gasteiger partial charge is 0.496 e. The highest BCUT2D eigenvalue weighted by atomic mass is 79.9. The van der Waals surface area contributed by atoms with Crippen LogP contribution in [0, 0.1) is 5.41 Å². The average Bonchev–Trinajstić information content (AvgIpc) is 2.37. The molecule has 0 spiro atoms. The molecule has 0 fully saturated rings. The van der Waals surface area contributed by atoms with Crippen LogP contribution in [0.4, 0.5) is 0 Å². The van der Waals surface area contributed by atoms with E-state index < -0.39 is 11.4 Å². The Morgan fingerprint density at radius 3 is 2.47 bits per heavy atom. The van der Waals surface area contributed by atoms with Crippen LogP contribution in [0.15, 0.2) is 18.2 Å². The van der Waals surface area contributed by atoms with Gasteiger partial charge in [-0.15, -0.1) is 0 Å². The van der Waals surface area contributed by atoms with Crippen molar-refractivity contribution in [1.82, 2.24) is 0 Å². The highest BCUT2D eigenvalue weighted by molar-refractivity contribution is 9.09. The first-order valence-corrected chi connectivity index (χ1v) is 6.93. The van der Waals surface area contributed by atoms with Gasteiger partial charge in [-0.1, -0.05) is 28.1 Å². The van der Waals surface area contributed by atoms with E-state index in [1.54, 1.807) is 32.0 Å². The van der Waals surface area contributed by atoms with Crippen LogP contribution in [0.5, 0.6) is 5.75 Å². The van der Waals surface area contributed by atoms with Gasteiger partial charge in [0.05, 0.1) is 17.9 Å². The second-order valence-corrected chi connectivity index (χ2v) is 5.51. The van der Waals surface area contributed by atoms with Crippen LogP contribution < -0.4 is 4.74 Å². The van der Waals surface area contributed by atoms with Gasteiger partial charge in [0.1, 0.15) is 5.75 Å². The zero-order valence-corrected chi connectivity index (χ0v) is 12.8. The Morgan fingerprint density at radius 1 is 1.37 bits per heavy atom. The van der Waals surface area contributed by atoms with E-state index in [-0.39, 0.29) is 11.1 Å². The SMILES string of the molecule is COc1cc(C(=O)CBr)ccc1CC(C)(C)C(=O)O. The molecule has 104 valence electrons. The number of aliphatic carboxylic acids is 1. The summed E-state index contributed by atoms with van der Waals surface area (Å²) in [6.07, 6.45) is 0.342. The number of rotatable bonds is 6. The third-order valence-corrected chi connectivity index (χ3v) is 3.45. The van der Waals surface area contributed by atoms with Gasteiger partial charge in [-0.2, -0.15) is 0 Å². The lowest BCUT2D eigenvalue weighted by Gasteiger charge is -2.20. The summed E-state index contributed by atoms with van der Waals surface area (Å²) in [6.45, 7) is 3.32. The van der Waals surface area contributed by atoms with Crippen molar-refractivity contribution in [3.05, 3.63) is 29.3 Å². The average molecular weight is 329 g/mol. The van der Waals surface area contributed by atoms with Crippen molar-refractivity contribution in [2.75, 3.05) is 12.4 Å². The molecule has 4 nitrogen and oxygen atoms in total. The Kier molecular flexibility index (Phi) is 5.11. The van der Waals surface area contributed by atoms with E-state index in [1.807, 2.05) is 0 Å². The fourth-order valence-corrected chi connectivity index (χ4v) is 2.02. The predicted octanol–water partition coefficient (Wildman–Crippen LogP) is 2.93. The molecule has 0 radical (unpaired) electrons. The molecule has 0 aliphatic heterocycles. The molecule has 1 N–H and O–H groups in total. The van der Waals surface area contributed by atoms with E-state index in [4.69, 9.17) is 9.84 Å². The number of methoxy groups -OCH3 is 1. The normalized spacial score (nSPS) is 11.2. The van der Waals surface area contributed by atoms with Crippen LogP contribution in [-0.4, -0.2) is 29.3 Å². The molecule has 1 aromatic rings. The number of Topliss-reactive ketones (excluding diaryl/α,β-unsaturated/α-hetero) is 1. The van der Waals surface area contributed by atoms with Crippen molar-refractivity contribution in [2.24, 2.45) is 5.41 Å². The summed E-state index contributed by atoms with van der Waals surface area (Å²) in [4.78, 5) is 22.7. The first-order valence-electron chi connectivity index (χ1n) is 5.81. The second kappa shape index (κ2) is 6.19. The van der Waals surface area contributed by atoms with Gasteiger partial charge >= 0.3 is 5.97 Å². The van der Waals surface area contributed by atoms with Crippen molar-refractivity contribution in [3.8, 4) is 5.75 Å². The maximum absolute atomic E-state index is 11.6. The summed E-state index contributed by atoms with van der Waals surface area (Å²) in [5, 5.41) is 9.39. The van der Waals surface area contributed by atoms with Gasteiger partial charge < -0.3 is 9.84 Å². The van der Waals surface area contributed by atoms with E-state index in [0.717, 1.165) is 5.56 Å². The number of halogens is 1. The van der Waals surface area contributed by atoms with Gasteiger partial charge in [0.25, 0.3) is 0 Å². The molecule has 0 heterocycles. The Bertz CT molecular complexity index is 494. The molecule has 0 aliphatic carbocycles. The highest BCUT2D eigenvalue weighted by Crippen LogP contribution is 2.29. The van der Waals surface area contributed by atoms with Gasteiger partial charge in [0.15, 0.2) is 5.78 Å². The summed E-state index contributed by atoms with van der Waals surface area (Å²) >= 11 is 3.12. The minimum absolute atomic E-state index is 0.0395. The maximum Gasteiger partial charge on any atom is 0.309 e. The monoisotopic (exact) mass is 328 g/mol. The number of carboxylic acid groups (broad SMARTS) is 1. The lowest BCUT2D eigenvalue weighted by molar-refractivity contribution is -0.146. The van der Waals surface area contributed by atoms with Crippen LogP contribution >= 0.6 is 15.9 Å². The van der Waals surface area contributed by atoms with Crippen molar-refractivity contribution in [3.63, 3.8) is 0 Å². The number of benzene rings is 1. The van der Waals surface area contributed by atoms with Gasteiger partial charge in [-0.05, 0) is 31.9 Å². The van der Waals surface area contributed by atoms with Crippen molar-refractivity contribution >= 4 is 27.7 Å². The number of hydrogen-bond donors (Lipinski definition) is 1.